The molecule has 3 aromatic rings. The minimum Gasteiger partial charge on any atom is -0.332 e. The van der Waals surface area contributed by atoms with Crippen LogP contribution < -0.4 is 10.6 Å². The number of aromatic nitrogens is 3. The fourth-order valence-corrected chi connectivity index (χ4v) is 2.53. The zero-order chi connectivity index (χ0) is 15.2. The van der Waals surface area contributed by atoms with Gasteiger partial charge < -0.3 is 5.32 Å². The number of thiophene rings is 1. The maximum absolute atomic E-state index is 11.9. The Hall–Kier alpha value is -2.80. The second-order valence-corrected chi connectivity index (χ2v) is 5.32. The number of pyridine rings is 1. The molecule has 0 spiro atoms. The first-order chi connectivity index (χ1) is 10.8. The van der Waals surface area contributed by atoms with Gasteiger partial charge in [-0.25, -0.2) is 4.79 Å². The second kappa shape index (κ2) is 6.77. The maximum Gasteiger partial charge on any atom is 0.320 e. The molecule has 0 saturated carbocycles. The van der Waals surface area contributed by atoms with Crippen molar-refractivity contribution >= 4 is 22.4 Å². The molecule has 0 aliphatic rings. The molecule has 6 nitrogen and oxygen atoms in total. The van der Waals surface area contributed by atoms with E-state index in [0.717, 1.165) is 16.3 Å². The second-order valence-electron chi connectivity index (χ2n) is 4.37. The Morgan fingerprint density at radius 1 is 1.09 bits per heavy atom. The monoisotopic (exact) mass is 311 g/mol. The molecular formula is C15H13N5OS. The highest BCUT2D eigenvalue weighted by Gasteiger charge is 2.09. The Morgan fingerprint density at radius 2 is 1.91 bits per heavy atom. The van der Waals surface area contributed by atoms with Crippen molar-refractivity contribution in [1.29, 1.82) is 0 Å². The quantitative estimate of drug-likeness (QED) is 0.776. The summed E-state index contributed by atoms with van der Waals surface area (Å²) in [5.41, 5.74) is 2.36. The zero-order valence-corrected chi connectivity index (χ0v) is 12.4. The summed E-state index contributed by atoms with van der Waals surface area (Å²) in [4.78, 5) is 24.5. The predicted molar refractivity (Wildman–Crippen MR) is 85.4 cm³/mol. The minimum absolute atomic E-state index is 0.270. The molecule has 0 saturated heterocycles. The first-order valence-electron chi connectivity index (χ1n) is 6.61. The zero-order valence-electron chi connectivity index (χ0n) is 11.6. The van der Waals surface area contributed by atoms with Crippen molar-refractivity contribution in [3.8, 4) is 11.3 Å². The molecule has 7 heteroatoms. The lowest BCUT2D eigenvalue weighted by Crippen LogP contribution is -2.28. The molecular weight excluding hydrogens is 298 g/mol. The molecule has 0 radical (unpaired) electrons. The van der Waals surface area contributed by atoms with E-state index in [9.17, 15) is 4.79 Å². The molecule has 0 unspecified atom stereocenters. The molecule has 0 aromatic carbocycles. The highest BCUT2D eigenvalue weighted by atomic mass is 32.1. The fraction of sp³-hybridized carbons (Fsp3) is 0.0667. The molecule has 110 valence electrons. The van der Waals surface area contributed by atoms with Crippen LogP contribution in [-0.4, -0.2) is 21.0 Å². The molecule has 3 rings (SSSR count). The van der Waals surface area contributed by atoms with Gasteiger partial charge >= 0.3 is 6.03 Å². The van der Waals surface area contributed by atoms with Gasteiger partial charge in [-0.05, 0) is 29.6 Å². The Bertz CT molecular complexity index is 746. The van der Waals surface area contributed by atoms with Gasteiger partial charge in [-0.2, -0.15) is 0 Å². The summed E-state index contributed by atoms with van der Waals surface area (Å²) in [6.07, 6.45) is 6.64. The SMILES string of the molecule is O=C(NCc1nccnc1-c1ccncc1)Nc1cccs1. The van der Waals surface area contributed by atoms with Crippen LogP contribution in [0, 0.1) is 0 Å². The molecule has 3 aromatic heterocycles. The van der Waals surface area contributed by atoms with Gasteiger partial charge in [0.25, 0.3) is 0 Å². The number of hydrogen-bond donors (Lipinski definition) is 2. The minimum atomic E-state index is -0.270. The molecule has 0 atom stereocenters. The lowest BCUT2D eigenvalue weighted by molar-refractivity contribution is 0.251. The van der Waals surface area contributed by atoms with Gasteiger partial charge in [0.05, 0.1) is 22.9 Å². The summed E-state index contributed by atoms with van der Waals surface area (Å²) >= 11 is 1.47. The summed E-state index contributed by atoms with van der Waals surface area (Å²) in [6, 6.07) is 7.17. The van der Waals surface area contributed by atoms with Gasteiger partial charge in [0.2, 0.25) is 0 Å². The van der Waals surface area contributed by atoms with E-state index in [1.807, 2.05) is 29.6 Å². The smallest absolute Gasteiger partial charge is 0.320 e. The average Bonchev–Trinajstić information content (AvgIpc) is 3.07. The Kier molecular flexibility index (Phi) is 4.35. The molecule has 22 heavy (non-hydrogen) atoms. The van der Waals surface area contributed by atoms with Crippen LogP contribution in [0.3, 0.4) is 0 Å². The van der Waals surface area contributed by atoms with Crippen LogP contribution in [0.4, 0.5) is 9.80 Å². The van der Waals surface area contributed by atoms with Crippen LogP contribution in [0.2, 0.25) is 0 Å². The lowest BCUT2D eigenvalue weighted by Gasteiger charge is -2.09. The summed E-state index contributed by atoms with van der Waals surface area (Å²) < 4.78 is 0. The maximum atomic E-state index is 11.9. The van der Waals surface area contributed by atoms with Crippen LogP contribution in [0.15, 0.2) is 54.4 Å². The first kappa shape index (κ1) is 14.2. The van der Waals surface area contributed by atoms with E-state index < -0.39 is 0 Å². The molecule has 0 fully saturated rings. The third-order valence-electron chi connectivity index (χ3n) is 2.90. The number of amides is 2. The van der Waals surface area contributed by atoms with Crippen LogP contribution in [0.5, 0.6) is 0 Å². The predicted octanol–water partition coefficient (Wildman–Crippen LogP) is 2.92. The van der Waals surface area contributed by atoms with Crippen molar-refractivity contribution in [2.45, 2.75) is 6.54 Å². The van der Waals surface area contributed by atoms with E-state index in [1.165, 1.54) is 11.3 Å². The van der Waals surface area contributed by atoms with E-state index in [2.05, 4.69) is 25.6 Å². The number of carbonyl (C=O) groups excluding carboxylic acids is 1. The summed E-state index contributed by atoms with van der Waals surface area (Å²) in [7, 11) is 0. The van der Waals surface area contributed by atoms with E-state index in [0.29, 0.717) is 12.2 Å². The van der Waals surface area contributed by atoms with Gasteiger partial charge in [-0.1, -0.05) is 0 Å². The number of anilines is 1. The van der Waals surface area contributed by atoms with Crippen LogP contribution in [0.1, 0.15) is 5.69 Å². The van der Waals surface area contributed by atoms with E-state index in [4.69, 9.17) is 0 Å². The van der Waals surface area contributed by atoms with Crippen molar-refractivity contribution in [3.05, 3.63) is 60.1 Å². The summed E-state index contributed by atoms with van der Waals surface area (Å²) in [6.45, 7) is 0.294. The van der Waals surface area contributed by atoms with Gasteiger partial charge in [-0.15, -0.1) is 11.3 Å². The number of rotatable bonds is 4. The molecule has 2 N–H and O–H groups in total. The number of nitrogens with one attached hydrogen (secondary N) is 2. The van der Waals surface area contributed by atoms with Crippen molar-refractivity contribution in [1.82, 2.24) is 20.3 Å². The van der Waals surface area contributed by atoms with Crippen molar-refractivity contribution < 1.29 is 4.79 Å². The van der Waals surface area contributed by atoms with Crippen molar-refractivity contribution in [3.63, 3.8) is 0 Å². The van der Waals surface area contributed by atoms with E-state index >= 15 is 0 Å². The van der Waals surface area contributed by atoms with Crippen molar-refractivity contribution in [2.75, 3.05) is 5.32 Å². The average molecular weight is 311 g/mol. The van der Waals surface area contributed by atoms with Crippen molar-refractivity contribution in [2.24, 2.45) is 0 Å². The van der Waals surface area contributed by atoms with E-state index in [1.54, 1.807) is 24.8 Å². The lowest BCUT2D eigenvalue weighted by atomic mass is 10.1. The topological polar surface area (TPSA) is 79.8 Å². The summed E-state index contributed by atoms with van der Waals surface area (Å²) in [5, 5.41) is 8.25. The van der Waals surface area contributed by atoms with Gasteiger partial charge in [0.15, 0.2) is 0 Å². The van der Waals surface area contributed by atoms with Gasteiger partial charge in [0.1, 0.15) is 0 Å². The van der Waals surface area contributed by atoms with E-state index in [-0.39, 0.29) is 6.03 Å². The number of carbonyl (C=O) groups is 1. The first-order valence-corrected chi connectivity index (χ1v) is 7.49. The Morgan fingerprint density at radius 3 is 2.68 bits per heavy atom. The normalized spacial score (nSPS) is 10.2. The Balaban J connectivity index is 1.69. The number of urea groups is 1. The third kappa shape index (κ3) is 3.44. The van der Waals surface area contributed by atoms with Crippen LogP contribution in [0.25, 0.3) is 11.3 Å². The highest BCUT2D eigenvalue weighted by molar-refractivity contribution is 7.14. The summed E-state index contributed by atoms with van der Waals surface area (Å²) in [5.74, 6) is 0. The van der Waals surface area contributed by atoms with Gasteiger partial charge in [-0.3, -0.25) is 20.3 Å². The fourth-order valence-electron chi connectivity index (χ4n) is 1.92. The molecule has 0 aliphatic carbocycles. The standard InChI is InChI=1S/C15H13N5OS/c21-15(20-13-2-1-9-22-13)19-10-12-14(18-8-7-17-12)11-3-5-16-6-4-11/h1-9H,10H2,(H2,19,20,21). The largest absolute Gasteiger partial charge is 0.332 e. The molecule has 0 bridgehead atoms. The molecule has 3 heterocycles. The Labute approximate surface area is 131 Å². The molecule has 0 aliphatic heterocycles. The molecule has 2 amide bonds. The van der Waals surface area contributed by atoms with Crippen LogP contribution >= 0.6 is 11.3 Å². The van der Waals surface area contributed by atoms with Crippen LogP contribution in [-0.2, 0) is 6.54 Å². The third-order valence-corrected chi connectivity index (χ3v) is 3.69. The van der Waals surface area contributed by atoms with Gasteiger partial charge in [0, 0.05) is 30.4 Å². The highest BCUT2D eigenvalue weighted by Crippen LogP contribution is 2.18. The number of nitrogens with zero attached hydrogens (tertiary/aromatic N) is 3. The number of hydrogen-bond acceptors (Lipinski definition) is 5.